The molecule has 9 nitrogen and oxygen atoms in total. The van der Waals surface area contributed by atoms with Crippen LogP contribution in [0.4, 0.5) is 27.6 Å². The predicted molar refractivity (Wildman–Crippen MR) is 169 cm³/mol. The van der Waals surface area contributed by atoms with Crippen molar-refractivity contribution in [3.05, 3.63) is 148 Å². The fraction of sp³-hybridized carbons (Fsp3) is 0.143. The highest BCUT2D eigenvalue weighted by molar-refractivity contribution is 7.89. The molecule has 15 heteroatoms. The van der Waals surface area contributed by atoms with Crippen molar-refractivity contribution in [2.45, 2.75) is 24.5 Å². The normalized spacial score (nSPS) is 11.5. The van der Waals surface area contributed by atoms with Crippen LogP contribution in [0.15, 0.2) is 101 Å². The number of carbonyl (C=O) groups excluding carboxylic acids is 1. The molecule has 5 rings (SSSR count). The number of anilines is 1. The maximum absolute atomic E-state index is 14.6. The van der Waals surface area contributed by atoms with Crippen molar-refractivity contribution in [1.29, 1.82) is 0 Å². The van der Waals surface area contributed by atoms with Crippen LogP contribution in [0.5, 0.6) is 5.75 Å². The number of ether oxygens (including phenoxy) is 1. The first-order valence-electron chi connectivity index (χ1n) is 14.7. The highest BCUT2D eigenvalue weighted by atomic mass is 32.2. The summed E-state index contributed by atoms with van der Waals surface area (Å²) in [5, 5.41) is 10.1. The van der Waals surface area contributed by atoms with Crippen LogP contribution in [0.2, 0.25) is 0 Å². The minimum Gasteiger partial charge on any atom is -0.488 e. The minimum atomic E-state index is -5.50. The molecule has 0 saturated carbocycles. The van der Waals surface area contributed by atoms with Gasteiger partial charge in [-0.05, 0) is 35.4 Å². The summed E-state index contributed by atoms with van der Waals surface area (Å²) in [6.45, 7) is -1.58. The third-order valence-corrected chi connectivity index (χ3v) is 9.42. The Morgan fingerprint density at radius 3 is 1.92 bits per heavy atom. The van der Waals surface area contributed by atoms with Gasteiger partial charge in [-0.3, -0.25) is 4.79 Å². The monoisotopic (exact) mass is 714 g/mol. The van der Waals surface area contributed by atoms with Crippen LogP contribution in [0.1, 0.15) is 32.8 Å². The van der Waals surface area contributed by atoms with E-state index in [0.717, 1.165) is 11.9 Å². The van der Waals surface area contributed by atoms with Gasteiger partial charge in [-0.1, -0.05) is 60.7 Å². The smallest absolute Gasteiger partial charge is 0.339 e. The molecule has 4 aromatic carbocycles. The van der Waals surface area contributed by atoms with Crippen molar-refractivity contribution in [1.82, 2.24) is 4.31 Å². The first-order valence-corrected chi connectivity index (χ1v) is 16.2. The number of benzene rings is 4. The molecule has 0 spiro atoms. The van der Waals surface area contributed by atoms with Crippen LogP contribution in [-0.4, -0.2) is 43.3 Å². The molecule has 0 atom stereocenters. The summed E-state index contributed by atoms with van der Waals surface area (Å²) in [6, 6.07) is 23.1. The van der Waals surface area contributed by atoms with Crippen LogP contribution < -0.4 is 9.64 Å². The van der Waals surface area contributed by atoms with E-state index < -0.39 is 62.4 Å². The summed E-state index contributed by atoms with van der Waals surface area (Å²) in [7, 11) is -4.77. The number of carbonyl (C=O) groups is 2. The Morgan fingerprint density at radius 2 is 1.36 bits per heavy atom. The lowest BCUT2D eigenvalue weighted by Crippen LogP contribution is -2.42. The van der Waals surface area contributed by atoms with Crippen molar-refractivity contribution >= 4 is 27.6 Å². The molecule has 1 heterocycles. The van der Waals surface area contributed by atoms with E-state index in [1.807, 2.05) is 0 Å². The molecule has 1 amide bonds. The standard InChI is InChI=1S/C35H27F5N2O7S/c1-41(50(46,47)34-31(39)29(37)28(36)30(38)32(34)40)19-27(43)42(18-23-13-8-16-48-23)26-15-14-24(35(44)45)33(49-20-22-11-6-3-7-12-22)25(26)17-21-9-4-2-5-10-21/h2-16H,17-20H2,1H3,(H,44,45). The van der Waals surface area contributed by atoms with Gasteiger partial charge in [-0.2, -0.15) is 4.31 Å². The van der Waals surface area contributed by atoms with Crippen LogP contribution >= 0.6 is 0 Å². The van der Waals surface area contributed by atoms with Crippen molar-refractivity contribution in [3.63, 3.8) is 0 Å². The molecule has 0 fully saturated rings. The average Bonchev–Trinajstić information content (AvgIpc) is 3.62. The lowest BCUT2D eigenvalue weighted by molar-refractivity contribution is -0.118. The maximum atomic E-state index is 14.6. The SMILES string of the molecule is CN(CC(=O)N(Cc1ccco1)c1ccc(C(=O)O)c(OCc2ccccc2)c1Cc1ccccc1)S(=O)(=O)c1c(F)c(F)c(F)c(F)c1F. The Hall–Kier alpha value is -5.54. The van der Waals surface area contributed by atoms with Crippen molar-refractivity contribution in [2.75, 3.05) is 18.5 Å². The molecule has 0 aliphatic carbocycles. The van der Waals surface area contributed by atoms with Gasteiger partial charge in [-0.15, -0.1) is 0 Å². The molecule has 0 bridgehead atoms. The second-order valence-corrected chi connectivity index (χ2v) is 12.9. The van der Waals surface area contributed by atoms with E-state index in [0.29, 0.717) is 11.1 Å². The van der Waals surface area contributed by atoms with E-state index in [1.54, 1.807) is 60.7 Å². The number of amides is 1. The second-order valence-electron chi connectivity index (χ2n) is 10.9. The van der Waals surface area contributed by atoms with Gasteiger partial charge in [0.05, 0.1) is 25.0 Å². The molecule has 1 N–H and O–H groups in total. The van der Waals surface area contributed by atoms with E-state index in [1.165, 1.54) is 30.5 Å². The number of carboxylic acids is 1. The predicted octanol–water partition coefficient (Wildman–Crippen LogP) is 6.70. The fourth-order valence-electron chi connectivity index (χ4n) is 5.10. The summed E-state index contributed by atoms with van der Waals surface area (Å²) < 4.78 is 109. The van der Waals surface area contributed by atoms with Gasteiger partial charge >= 0.3 is 5.97 Å². The molecule has 0 aliphatic heterocycles. The van der Waals surface area contributed by atoms with Crippen molar-refractivity contribution in [2.24, 2.45) is 0 Å². The van der Waals surface area contributed by atoms with Gasteiger partial charge in [0, 0.05) is 19.0 Å². The van der Waals surface area contributed by atoms with Gasteiger partial charge in [0.2, 0.25) is 21.7 Å². The molecule has 1 aromatic heterocycles. The summed E-state index contributed by atoms with van der Waals surface area (Å²) in [5.41, 5.74) is 1.40. The van der Waals surface area contributed by atoms with E-state index >= 15 is 0 Å². The maximum Gasteiger partial charge on any atom is 0.339 e. The van der Waals surface area contributed by atoms with Crippen LogP contribution in [-0.2, 0) is 34.4 Å². The Balaban J connectivity index is 1.62. The molecule has 50 heavy (non-hydrogen) atoms. The molecule has 0 saturated heterocycles. The van der Waals surface area contributed by atoms with Crippen molar-refractivity contribution < 1.29 is 54.2 Å². The quantitative estimate of drug-likeness (QED) is 0.0820. The number of carboxylic acid groups (broad SMARTS) is 1. The average molecular weight is 715 g/mol. The van der Waals surface area contributed by atoms with Gasteiger partial charge in [-0.25, -0.2) is 35.2 Å². The largest absolute Gasteiger partial charge is 0.488 e. The van der Waals surface area contributed by atoms with Gasteiger partial charge in [0.25, 0.3) is 0 Å². The van der Waals surface area contributed by atoms with Crippen LogP contribution in [0.25, 0.3) is 0 Å². The first kappa shape index (κ1) is 35.8. The number of halogens is 5. The summed E-state index contributed by atoms with van der Waals surface area (Å²) in [6.07, 6.45) is 1.33. The number of furan rings is 1. The highest BCUT2D eigenvalue weighted by Gasteiger charge is 2.37. The van der Waals surface area contributed by atoms with E-state index in [-0.39, 0.29) is 52.2 Å². The zero-order valence-electron chi connectivity index (χ0n) is 26.1. The molecule has 0 radical (unpaired) electrons. The number of hydrogen-bond acceptors (Lipinski definition) is 6. The van der Waals surface area contributed by atoms with Crippen LogP contribution in [0.3, 0.4) is 0 Å². The number of sulfonamides is 1. The Labute approximate surface area is 282 Å². The molecule has 5 aromatic rings. The zero-order chi connectivity index (χ0) is 36.2. The number of likely N-dealkylation sites (N-methyl/N-ethyl adjacent to an activating group) is 1. The van der Waals surface area contributed by atoms with Crippen molar-refractivity contribution in [3.8, 4) is 5.75 Å². The van der Waals surface area contributed by atoms with E-state index in [2.05, 4.69) is 0 Å². The van der Waals surface area contributed by atoms with E-state index in [4.69, 9.17) is 9.15 Å². The highest BCUT2D eigenvalue weighted by Crippen LogP contribution is 2.37. The second kappa shape index (κ2) is 14.9. The van der Waals surface area contributed by atoms with Gasteiger partial charge in [0.1, 0.15) is 23.7 Å². The molecule has 260 valence electrons. The minimum absolute atomic E-state index is 0.0159. The van der Waals surface area contributed by atoms with Gasteiger partial charge < -0.3 is 19.2 Å². The molecular weight excluding hydrogens is 687 g/mol. The molecule has 0 aliphatic rings. The molecule has 0 unspecified atom stereocenters. The number of rotatable bonds is 13. The third kappa shape index (κ3) is 7.38. The van der Waals surface area contributed by atoms with E-state index in [9.17, 15) is 45.1 Å². The first-order chi connectivity index (χ1) is 23.8. The molecular formula is C35H27F5N2O7S. The lowest BCUT2D eigenvalue weighted by Gasteiger charge is -2.28. The summed E-state index contributed by atoms with van der Waals surface area (Å²) in [5.74, 6) is -15.0. The summed E-state index contributed by atoms with van der Waals surface area (Å²) >= 11 is 0. The Kier molecular flexibility index (Phi) is 10.7. The number of nitrogens with zero attached hydrogens (tertiary/aromatic N) is 2. The summed E-state index contributed by atoms with van der Waals surface area (Å²) in [4.78, 5) is 25.4. The zero-order valence-corrected chi connectivity index (χ0v) is 26.9. The number of hydrogen-bond donors (Lipinski definition) is 1. The topological polar surface area (TPSA) is 117 Å². The lowest BCUT2D eigenvalue weighted by atomic mass is 9.98. The van der Waals surface area contributed by atoms with Crippen LogP contribution in [0, 0.1) is 29.1 Å². The fourth-order valence-corrected chi connectivity index (χ4v) is 6.32. The van der Waals surface area contributed by atoms with Gasteiger partial charge in [0.15, 0.2) is 28.2 Å². The Bertz CT molecular complexity index is 2100. The Morgan fingerprint density at radius 1 is 0.780 bits per heavy atom. The number of aromatic carboxylic acids is 1. The third-order valence-electron chi connectivity index (χ3n) is 7.60.